The van der Waals surface area contributed by atoms with Gasteiger partial charge in [-0.05, 0) is 0 Å². The van der Waals surface area contributed by atoms with Gasteiger partial charge in [0.15, 0.2) is 0 Å². The summed E-state index contributed by atoms with van der Waals surface area (Å²) in [6.45, 7) is 0. The summed E-state index contributed by atoms with van der Waals surface area (Å²) in [5, 5.41) is 15.6. The van der Waals surface area contributed by atoms with Crippen LogP contribution in [0, 0.1) is 0 Å². The van der Waals surface area contributed by atoms with Crippen LogP contribution in [0.4, 0.5) is 0 Å². The molecule has 0 atom stereocenters. The molecule has 4 N–H and O–H groups in total. The summed E-state index contributed by atoms with van der Waals surface area (Å²) < 4.78 is 31.6. The zero-order valence-corrected chi connectivity index (χ0v) is 6.80. The molecule has 14 heavy (non-hydrogen) atoms. The van der Waals surface area contributed by atoms with Gasteiger partial charge in [-0.25, -0.2) is 9.59 Å². The Bertz CT molecular complexity index is 279. The van der Waals surface area contributed by atoms with Crippen molar-refractivity contribution in [1.29, 1.82) is 0 Å². The summed E-state index contributed by atoms with van der Waals surface area (Å²) in [5.74, 6) is -2.51. The molecular weight excluding hydrogens is 231 g/mol. The van der Waals surface area contributed by atoms with Crippen molar-refractivity contribution in [3.05, 3.63) is 12.2 Å². The second kappa shape index (κ2) is 9.12. The minimum atomic E-state index is -4.67. The van der Waals surface area contributed by atoms with Gasteiger partial charge >= 0.3 is 51.9 Å². The average molecular weight is 238 g/mol. The number of hydrogen-bond donors (Lipinski definition) is 4. The van der Waals surface area contributed by atoms with Crippen molar-refractivity contribution in [2.75, 3.05) is 0 Å². The van der Waals surface area contributed by atoms with Crippen molar-refractivity contribution in [3.63, 3.8) is 0 Å². The summed E-state index contributed by atoms with van der Waals surface area (Å²) in [7, 11) is -4.67. The molecular formula is C4H7NaO8S. The van der Waals surface area contributed by atoms with Crippen LogP contribution in [0.2, 0.25) is 0 Å². The van der Waals surface area contributed by atoms with Crippen molar-refractivity contribution in [2.45, 2.75) is 0 Å². The topological polar surface area (TPSA) is 149 Å². The predicted molar refractivity (Wildman–Crippen MR) is 45.7 cm³/mol. The number of hydrogen-bond acceptors (Lipinski definition) is 4. The molecule has 0 unspecified atom stereocenters. The van der Waals surface area contributed by atoms with E-state index in [4.69, 9.17) is 27.7 Å². The van der Waals surface area contributed by atoms with E-state index < -0.39 is 22.3 Å². The Morgan fingerprint density at radius 1 is 0.929 bits per heavy atom. The zero-order chi connectivity index (χ0) is 11.1. The molecule has 0 radical (unpaired) electrons. The summed E-state index contributed by atoms with van der Waals surface area (Å²) >= 11 is 0. The van der Waals surface area contributed by atoms with Gasteiger partial charge < -0.3 is 10.2 Å². The van der Waals surface area contributed by atoms with Crippen LogP contribution in [0.25, 0.3) is 0 Å². The van der Waals surface area contributed by atoms with E-state index in [1.165, 1.54) is 0 Å². The van der Waals surface area contributed by atoms with E-state index in [1.807, 2.05) is 0 Å². The molecule has 0 rings (SSSR count). The molecule has 8 nitrogen and oxygen atoms in total. The van der Waals surface area contributed by atoms with E-state index in [-0.39, 0.29) is 29.6 Å². The molecule has 0 aliphatic carbocycles. The van der Waals surface area contributed by atoms with Crippen LogP contribution in [0.5, 0.6) is 0 Å². The van der Waals surface area contributed by atoms with Gasteiger partial charge in [0, 0.05) is 12.2 Å². The number of carboxylic acids is 2. The van der Waals surface area contributed by atoms with Crippen LogP contribution in [0.15, 0.2) is 12.2 Å². The minimum absolute atomic E-state index is 0. The fourth-order valence-electron chi connectivity index (χ4n) is 0.143. The monoisotopic (exact) mass is 238 g/mol. The Balaban J connectivity index is -0.000000177. The van der Waals surface area contributed by atoms with Crippen LogP contribution >= 0.6 is 0 Å². The molecule has 0 saturated heterocycles. The molecule has 78 valence electrons. The maximum absolute atomic E-state index is 9.55. The molecule has 0 heterocycles. The number of rotatable bonds is 2. The molecule has 0 spiro atoms. The molecule has 0 fully saturated rings. The van der Waals surface area contributed by atoms with E-state index in [0.29, 0.717) is 12.2 Å². The molecule has 0 aliphatic heterocycles. The van der Waals surface area contributed by atoms with Crippen molar-refractivity contribution in [1.82, 2.24) is 0 Å². The van der Waals surface area contributed by atoms with Gasteiger partial charge in [0.2, 0.25) is 0 Å². The Hall–Kier alpha value is -0.450. The van der Waals surface area contributed by atoms with E-state index >= 15 is 0 Å². The quantitative estimate of drug-likeness (QED) is 0.255. The number of aliphatic carboxylic acids is 2. The van der Waals surface area contributed by atoms with Crippen LogP contribution in [-0.4, -0.2) is 69.2 Å². The maximum atomic E-state index is 9.55. The first kappa shape index (κ1) is 19.2. The fraction of sp³-hybridized carbons (Fsp3) is 0. The van der Waals surface area contributed by atoms with Crippen molar-refractivity contribution >= 4 is 51.9 Å². The molecule has 10 heteroatoms. The molecule has 0 aliphatic rings. The summed E-state index contributed by atoms with van der Waals surface area (Å²) in [5.41, 5.74) is 0. The fourth-order valence-corrected chi connectivity index (χ4v) is 0.143. The van der Waals surface area contributed by atoms with Gasteiger partial charge in [0.1, 0.15) is 0 Å². The number of carboxylic acid groups (broad SMARTS) is 2. The van der Waals surface area contributed by atoms with Crippen LogP contribution < -0.4 is 0 Å². The molecule has 0 bridgehead atoms. The first-order chi connectivity index (χ1) is 5.63. The Labute approximate surface area is 101 Å². The van der Waals surface area contributed by atoms with E-state index in [1.54, 1.807) is 0 Å². The molecule has 0 aromatic rings. The average Bonchev–Trinajstić information content (AvgIpc) is 1.79. The summed E-state index contributed by atoms with van der Waals surface area (Å²) in [6.07, 6.45) is 1.12. The molecule has 0 saturated carbocycles. The Morgan fingerprint density at radius 2 is 1.07 bits per heavy atom. The van der Waals surface area contributed by atoms with E-state index in [0.717, 1.165) is 0 Å². The van der Waals surface area contributed by atoms with Gasteiger partial charge in [0.25, 0.3) is 0 Å². The van der Waals surface area contributed by atoms with Gasteiger partial charge in [-0.3, -0.25) is 9.11 Å². The van der Waals surface area contributed by atoms with Gasteiger partial charge in [-0.15, -0.1) is 0 Å². The third-order valence-electron chi connectivity index (χ3n) is 0.368. The van der Waals surface area contributed by atoms with Crippen molar-refractivity contribution in [2.24, 2.45) is 0 Å². The van der Waals surface area contributed by atoms with Crippen molar-refractivity contribution < 1.29 is 37.3 Å². The summed E-state index contributed by atoms with van der Waals surface area (Å²) in [4.78, 5) is 19.1. The van der Waals surface area contributed by atoms with Crippen LogP contribution in [0.3, 0.4) is 0 Å². The Morgan fingerprint density at radius 3 is 1.14 bits per heavy atom. The van der Waals surface area contributed by atoms with Crippen LogP contribution in [-0.2, 0) is 20.0 Å². The summed E-state index contributed by atoms with van der Waals surface area (Å²) in [6, 6.07) is 0. The van der Waals surface area contributed by atoms with Gasteiger partial charge in [0.05, 0.1) is 0 Å². The van der Waals surface area contributed by atoms with E-state index in [2.05, 4.69) is 0 Å². The van der Waals surface area contributed by atoms with E-state index in [9.17, 15) is 9.59 Å². The molecule has 0 aromatic carbocycles. The third-order valence-corrected chi connectivity index (χ3v) is 0.368. The molecule has 0 aromatic heterocycles. The van der Waals surface area contributed by atoms with Crippen LogP contribution in [0.1, 0.15) is 0 Å². The van der Waals surface area contributed by atoms with Gasteiger partial charge in [-0.1, -0.05) is 0 Å². The number of carbonyl (C=O) groups is 2. The normalized spacial score (nSPS) is 9.57. The predicted octanol–water partition coefficient (Wildman–Crippen LogP) is -1.59. The second-order valence-electron chi connectivity index (χ2n) is 1.46. The first-order valence-corrected chi connectivity index (χ1v) is 3.86. The standard InChI is InChI=1S/C4H4O4.Na.H2O4S.H/c5-3(6)1-2-4(7)8;;1-5(2,3)4;/h1-2H,(H,5,6)(H,7,8);;(H2,1,2,3,4);/b2-1+;;;. The third kappa shape index (κ3) is 62.1. The van der Waals surface area contributed by atoms with Gasteiger partial charge in [-0.2, -0.15) is 8.42 Å². The first-order valence-electron chi connectivity index (χ1n) is 2.46. The molecule has 0 amide bonds. The zero-order valence-electron chi connectivity index (χ0n) is 5.98. The second-order valence-corrected chi connectivity index (χ2v) is 2.35. The Kier molecular flexibility index (Phi) is 12.5. The SMILES string of the molecule is O=C(O)/C=C/C(=O)O.O=S(=O)(O)O.[NaH]. The van der Waals surface area contributed by atoms with Crippen molar-refractivity contribution in [3.8, 4) is 0 Å².